The number of carbonyl (C=O) groups excluding carboxylic acids is 1. The zero-order valence-corrected chi connectivity index (χ0v) is 17.1. The summed E-state index contributed by atoms with van der Waals surface area (Å²) in [4.78, 5) is 15.4. The van der Waals surface area contributed by atoms with Crippen LogP contribution < -0.4 is 9.47 Å². The van der Waals surface area contributed by atoms with Crippen LogP contribution in [0.2, 0.25) is 0 Å². The number of ketones is 1. The Morgan fingerprint density at radius 3 is 2.38 bits per heavy atom. The molecule has 2 aromatic rings. The molecule has 1 fully saturated rings. The van der Waals surface area contributed by atoms with Crippen molar-refractivity contribution in [2.24, 2.45) is 11.8 Å². The second kappa shape index (κ2) is 8.56. The number of hydrogen-bond donors (Lipinski definition) is 1. The monoisotopic (exact) mass is 395 g/mol. The summed E-state index contributed by atoms with van der Waals surface area (Å²) in [7, 11) is 3.16. The van der Waals surface area contributed by atoms with Crippen LogP contribution in [0.5, 0.6) is 11.5 Å². The summed E-state index contributed by atoms with van der Waals surface area (Å²) in [6.45, 7) is 2.84. The summed E-state index contributed by atoms with van der Waals surface area (Å²) in [5.74, 6) is 1.01. The van der Waals surface area contributed by atoms with Crippen molar-refractivity contribution in [2.75, 3.05) is 27.3 Å². The molecule has 0 unspecified atom stereocenters. The van der Waals surface area contributed by atoms with Gasteiger partial charge in [-0.1, -0.05) is 30.3 Å². The molecule has 0 spiro atoms. The van der Waals surface area contributed by atoms with E-state index in [2.05, 4.69) is 29.2 Å². The number of fused-ring (bicyclic) bond motifs is 1. The van der Waals surface area contributed by atoms with Gasteiger partial charge in [-0.2, -0.15) is 0 Å². The van der Waals surface area contributed by atoms with Gasteiger partial charge in [0.05, 0.1) is 26.2 Å². The summed E-state index contributed by atoms with van der Waals surface area (Å²) >= 11 is 0. The van der Waals surface area contributed by atoms with E-state index >= 15 is 0 Å². The van der Waals surface area contributed by atoms with E-state index in [1.807, 2.05) is 12.1 Å². The van der Waals surface area contributed by atoms with Gasteiger partial charge in [0.25, 0.3) is 0 Å². The minimum atomic E-state index is -0.606. The van der Waals surface area contributed by atoms with Crippen LogP contribution in [0, 0.1) is 11.8 Å². The molecule has 0 saturated carbocycles. The molecule has 5 nitrogen and oxygen atoms in total. The summed E-state index contributed by atoms with van der Waals surface area (Å²) in [5.41, 5.74) is 2.92. The number of piperidine rings is 1. The van der Waals surface area contributed by atoms with E-state index in [-0.39, 0.29) is 17.6 Å². The van der Waals surface area contributed by atoms with E-state index in [9.17, 15) is 9.90 Å². The maximum absolute atomic E-state index is 13.0. The Morgan fingerprint density at radius 2 is 1.72 bits per heavy atom. The third kappa shape index (κ3) is 4.02. The fourth-order valence-electron chi connectivity index (χ4n) is 4.75. The van der Waals surface area contributed by atoms with Crippen molar-refractivity contribution in [3.05, 3.63) is 59.2 Å². The van der Waals surface area contributed by atoms with Crippen molar-refractivity contribution in [3.63, 3.8) is 0 Å². The Labute approximate surface area is 172 Å². The van der Waals surface area contributed by atoms with E-state index < -0.39 is 6.10 Å². The highest BCUT2D eigenvalue weighted by Crippen LogP contribution is 2.39. The highest BCUT2D eigenvalue weighted by molar-refractivity contribution is 6.03. The van der Waals surface area contributed by atoms with Crippen molar-refractivity contribution >= 4 is 5.78 Å². The SMILES string of the molecule is COc1cc2c(cc1OC)C(=O)[C@@H]([C@@H](O)C1CCN(Cc3ccccc3)CC1)C2. The molecule has 1 aliphatic carbocycles. The van der Waals surface area contributed by atoms with Gasteiger partial charge in [0, 0.05) is 12.1 Å². The summed E-state index contributed by atoms with van der Waals surface area (Å²) in [5, 5.41) is 11.0. The first kappa shape index (κ1) is 19.9. The predicted octanol–water partition coefficient (Wildman–Crippen LogP) is 3.33. The topological polar surface area (TPSA) is 59.0 Å². The van der Waals surface area contributed by atoms with Crippen molar-refractivity contribution in [2.45, 2.75) is 31.9 Å². The van der Waals surface area contributed by atoms with Crippen LogP contribution in [0.25, 0.3) is 0 Å². The van der Waals surface area contributed by atoms with Gasteiger partial charge in [-0.25, -0.2) is 0 Å². The predicted molar refractivity (Wildman–Crippen MR) is 112 cm³/mol. The minimum absolute atomic E-state index is 0.0279. The number of rotatable bonds is 6. The van der Waals surface area contributed by atoms with Crippen LogP contribution in [0.1, 0.15) is 34.3 Å². The maximum atomic E-state index is 13.0. The lowest BCUT2D eigenvalue weighted by Gasteiger charge is -2.35. The molecule has 1 heterocycles. The highest BCUT2D eigenvalue weighted by atomic mass is 16.5. The molecule has 4 rings (SSSR count). The quantitative estimate of drug-likeness (QED) is 0.813. The molecule has 0 radical (unpaired) electrons. The summed E-state index contributed by atoms with van der Waals surface area (Å²) in [6.07, 6.45) is 1.80. The summed E-state index contributed by atoms with van der Waals surface area (Å²) in [6, 6.07) is 14.1. The minimum Gasteiger partial charge on any atom is -0.493 e. The van der Waals surface area contributed by atoms with E-state index in [4.69, 9.17) is 9.47 Å². The lowest BCUT2D eigenvalue weighted by Crippen LogP contribution is -2.41. The largest absolute Gasteiger partial charge is 0.493 e. The van der Waals surface area contributed by atoms with Crippen LogP contribution in [-0.2, 0) is 13.0 Å². The Bertz CT molecular complexity index is 859. The number of nitrogens with zero attached hydrogens (tertiary/aromatic N) is 1. The molecule has 29 heavy (non-hydrogen) atoms. The normalized spacial score (nSPS) is 21.1. The van der Waals surface area contributed by atoms with E-state index in [0.717, 1.165) is 38.0 Å². The Morgan fingerprint density at radius 1 is 1.07 bits per heavy atom. The first-order chi connectivity index (χ1) is 14.1. The van der Waals surface area contributed by atoms with Crippen molar-refractivity contribution in [3.8, 4) is 11.5 Å². The molecular formula is C24H29NO4. The number of likely N-dealkylation sites (tertiary alicyclic amines) is 1. The molecule has 154 valence electrons. The van der Waals surface area contributed by atoms with E-state index in [0.29, 0.717) is 23.5 Å². The van der Waals surface area contributed by atoms with Gasteiger partial charge in [-0.15, -0.1) is 0 Å². The number of carbonyl (C=O) groups is 1. The fourth-order valence-corrected chi connectivity index (χ4v) is 4.75. The lowest BCUT2D eigenvalue weighted by atomic mass is 9.82. The number of benzene rings is 2. The smallest absolute Gasteiger partial charge is 0.169 e. The second-order valence-corrected chi connectivity index (χ2v) is 8.13. The molecule has 1 N–H and O–H groups in total. The number of aliphatic hydroxyl groups excluding tert-OH is 1. The van der Waals surface area contributed by atoms with Crippen molar-refractivity contribution in [1.29, 1.82) is 0 Å². The highest BCUT2D eigenvalue weighted by Gasteiger charge is 2.40. The van der Waals surface area contributed by atoms with Crippen LogP contribution in [0.3, 0.4) is 0 Å². The van der Waals surface area contributed by atoms with Crippen LogP contribution in [-0.4, -0.2) is 49.2 Å². The third-order valence-corrected chi connectivity index (χ3v) is 6.43. The Kier molecular flexibility index (Phi) is 5.88. The molecule has 0 aromatic heterocycles. The number of ether oxygens (including phenoxy) is 2. The number of Topliss-reactive ketones (excluding diaryl/α,β-unsaturated/α-hetero) is 1. The van der Waals surface area contributed by atoms with E-state index in [1.165, 1.54) is 5.56 Å². The number of hydrogen-bond acceptors (Lipinski definition) is 5. The van der Waals surface area contributed by atoms with Crippen LogP contribution in [0.15, 0.2) is 42.5 Å². The third-order valence-electron chi connectivity index (χ3n) is 6.43. The first-order valence-corrected chi connectivity index (χ1v) is 10.3. The average molecular weight is 395 g/mol. The molecule has 1 aliphatic heterocycles. The maximum Gasteiger partial charge on any atom is 0.169 e. The van der Waals surface area contributed by atoms with Gasteiger partial charge in [0.2, 0.25) is 0 Å². The summed E-state index contributed by atoms with van der Waals surface area (Å²) < 4.78 is 10.7. The van der Waals surface area contributed by atoms with E-state index in [1.54, 1.807) is 20.3 Å². The van der Waals surface area contributed by atoms with Gasteiger partial charge >= 0.3 is 0 Å². The van der Waals surface area contributed by atoms with Gasteiger partial charge in [-0.05, 0) is 61.5 Å². The van der Waals surface area contributed by atoms with Gasteiger partial charge in [-0.3, -0.25) is 9.69 Å². The molecule has 2 atom stereocenters. The number of aliphatic hydroxyl groups is 1. The molecule has 0 bridgehead atoms. The molecule has 5 heteroatoms. The van der Waals surface area contributed by atoms with Crippen LogP contribution in [0.4, 0.5) is 0 Å². The zero-order valence-electron chi connectivity index (χ0n) is 17.1. The first-order valence-electron chi connectivity index (χ1n) is 10.3. The fraction of sp³-hybridized carbons (Fsp3) is 0.458. The van der Waals surface area contributed by atoms with Gasteiger partial charge in [0.15, 0.2) is 17.3 Å². The second-order valence-electron chi connectivity index (χ2n) is 8.13. The van der Waals surface area contributed by atoms with Crippen LogP contribution >= 0.6 is 0 Å². The molecular weight excluding hydrogens is 366 g/mol. The van der Waals surface area contributed by atoms with Crippen molar-refractivity contribution < 1.29 is 19.4 Å². The van der Waals surface area contributed by atoms with Gasteiger partial charge in [0.1, 0.15) is 0 Å². The molecule has 0 amide bonds. The lowest BCUT2D eigenvalue weighted by molar-refractivity contribution is 0.0202. The number of methoxy groups -OCH3 is 2. The standard InChI is InChI=1S/C24H29NO4/c1-28-21-13-18-12-20(24(27)19(18)14-22(21)29-2)23(26)17-8-10-25(11-9-17)15-16-6-4-3-5-7-16/h3-7,13-14,17,20,23,26H,8-12,15H2,1-2H3/t20-,23+/m1/s1. The van der Waals surface area contributed by atoms with Gasteiger partial charge < -0.3 is 14.6 Å². The zero-order chi connectivity index (χ0) is 20.4. The van der Waals surface area contributed by atoms with Crippen molar-refractivity contribution in [1.82, 2.24) is 4.90 Å². The molecule has 2 aromatic carbocycles. The average Bonchev–Trinajstić information content (AvgIpc) is 3.09. The molecule has 1 saturated heterocycles. The Hall–Kier alpha value is -2.37. The molecule has 2 aliphatic rings. The Balaban J connectivity index is 1.39.